The van der Waals surface area contributed by atoms with Crippen LogP contribution in [0.3, 0.4) is 0 Å². The highest BCUT2D eigenvalue weighted by Gasteiger charge is 2.25. The van der Waals surface area contributed by atoms with Crippen molar-refractivity contribution in [2.75, 3.05) is 52.8 Å². The number of methoxy groups -OCH3 is 2. The van der Waals surface area contributed by atoms with Gasteiger partial charge in [0.2, 0.25) is 5.91 Å². The second kappa shape index (κ2) is 10.2. The van der Waals surface area contributed by atoms with Crippen LogP contribution in [0.2, 0.25) is 0 Å². The molecule has 1 aliphatic heterocycles. The first-order valence-electron chi connectivity index (χ1n) is 9.44. The average Bonchev–Trinajstić information content (AvgIpc) is 3.25. The average molecular weight is 436 g/mol. The monoisotopic (exact) mass is 436 g/mol. The third-order valence-corrected chi connectivity index (χ3v) is 5.33. The molecule has 0 radical (unpaired) electrons. The maximum Gasteiger partial charge on any atom is 0.409 e. The Bertz CT molecular complexity index is 859. The van der Waals surface area contributed by atoms with Crippen LogP contribution in [0.4, 0.5) is 4.79 Å². The highest BCUT2D eigenvalue weighted by atomic mass is 32.2. The van der Waals surface area contributed by atoms with Gasteiger partial charge >= 0.3 is 6.09 Å². The first-order chi connectivity index (χ1) is 14.6. The number of carbonyl (C=O) groups is 2. The molecule has 2 heterocycles. The molecule has 1 aromatic carbocycles. The number of carbonyl (C=O) groups excluding carboxylic acids is 2. The van der Waals surface area contributed by atoms with Gasteiger partial charge in [0.05, 0.1) is 26.6 Å². The van der Waals surface area contributed by atoms with E-state index in [9.17, 15) is 9.59 Å². The van der Waals surface area contributed by atoms with E-state index in [-0.39, 0.29) is 28.9 Å². The molecule has 0 atom stereocenters. The largest absolute Gasteiger partial charge is 0.496 e. The molecule has 0 unspecified atom stereocenters. The predicted octanol–water partition coefficient (Wildman–Crippen LogP) is 2.15. The fourth-order valence-electron chi connectivity index (χ4n) is 3.00. The second-order valence-electron chi connectivity index (χ2n) is 6.27. The summed E-state index contributed by atoms with van der Waals surface area (Å²) in [5.41, 5.74) is 0.559. The number of thioether (sulfide) groups is 1. The predicted molar refractivity (Wildman–Crippen MR) is 109 cm³/mol. The van der Waals surface area contributed by atoms with Gasteiger partial charge in [-0.25, -0.2) is 4.79 Å². The zero-order valence-electron chi connectivity index (χ0n) is 17.1. The Labute approximate surface area is 178 Å². The van der Waals surface area contributed by atoms with Crippen LogP contribution in [0.5, 0.6) is 11.5 Å². The molecular formula is C19H24N4O6S. The minimum Gasteiger partial charge on any atom is -0.496 e. The SMILES string of the molecule is CCOC(=O)N1CCN(C(=O)CSc2nnc(-c3c(OC)cccc3OC)o2)CC1. The van der Waals surface area contributed by atoms with E-state index in [1.165, 1.54) is 0 Å². The van der Waals surface area contributed by atoms with E-state index in [0.717, 1.165) is 11.8 Å². The Morgan fingerprint density at radius 2 is 1.70 bits per heavy atom. The summed E-state index contributed by atoms with van der Waals surface area (Å²) in [5.74, 6) is 1.44. The fraction of sp³-hybridized carbons (Fsp3) is 0.474. The van der Waals surface area contributed by atoms with E-state index in [1.807, 2.05) is 0 Å². The molecule has 2 aromatic rings. The number of nitrogens with zero attached hydrogens (tertiary/aromatic N) is 4. The molecule has 0 N–H and O–H groups in total. The molecule has 0 saturated carbocycles. The van der Waals surface area contributed by atoms with Crippen molar-refractivity contribution in [1.82, 2.24) is 20.0 Å². The summed E-state index contributed by atoms with van der Waals surface area (Å²) in [7, 11) is 3.09. The van der Waals surface area contributed by atoms with E-state index in [1.54, 1.807) is 49.1 Å². The molecule has 1 aromatic heterocycles. The van der Waals surface area contributed by atoms with Crippen LogP contribution in [-0.2, 0) is 9.53 Å². The van der Waals surface area contributed by atoms with E-state index in [4.69, 9.17) is 18.6 Å². The third kappa shape index (κ3) is 4.96. The van der Waals surface area contributed by atoms with E-state index in [2.05, 4.69) is 10.2 Å². The maximum atomic E-state index is 12.5. The summed E-state index contributed by atoms with van der Waals surface area (Å²) in [6.45, 7) is 3.93. The quantitative estimate of drug-likeness (QED) is 0.603. The van der Waals surface area contributed by atoms with Crippen molar-refractivity contribution in [2.45, 2.75) is 12.1 Å². The van der Waals surface area contributed by atoms with E-state index in [0.29, 0.717) is 49.8 Å². The molecule has 1 fully saturated rings. The minimum atomic E-state index is -0.343. The summed E-state index contributed by atoms with van der Waals surface area (Å²) in [6, 6.07) is 5.34. The third-order valence-electron chi connectivity index (χ3n) is 4.53. The summed E-state index contributed by atoms with van der Waals surface area (Å²) in [4.78, 5) is 27.6. The van der Waals surface area contributed by atoms with Gasteiger partial charge in [0.1, 0.15) is 17.1 Å². The van der Waals surface area contributed by atoms with Crippen LogP contribution in [0.1, 0.15) is 6.92 Å². The Hall–Kier alpha value is -2.95. The van der Waals surface area contributed by atoms with Gasteiger partial charge in [0.15, 0.2) is 0 Å². The van der Waals surface area contributed by atoms with Gasteiger partial charge < -0.3 is 28.4 Å². The van der Waals surface area contributed by atoms with Crippen molar-refractivity contribution in [1.29, 1.82) is 0 Å². The molecule has 0 bridgehead atoms. The van der Waals surface area contributed by atoms with Crippen molar-refractivity contribution in [3.8, 4) is 23.0 Å². The van der Waals surface area contributed by atoms with E-state index >= 15 is 0 Å². The van der Waals surface area contributed by atoms with Crippen LogP contribution in [0.15, 0.2) is 27.8 Å². The molecule has 0 aliphatic carbocycles. The summed E-state index contributed by atoms with van der Waals surface area (Å²) in [6.07, 6.45) is -0.343. The molecule has 10 nitrogen and oxygen atoms in total. The zero-order chi connectivity index (χ0) is 21.5. The molecule has 2 amide bonds. The molecule has 1 aliphatic rings. The number of hydrogen-bond acceptors (Lipinski definition) is 9. The molecule has 11 heteroatoms. The van der Waals surface area contributed by atoms with E-state index < -0.39 is 0 Å². The second-order valence-corrected chi connectivity index (χ2v) is 7.19. The summed E-state index contributed by atoms with van der Waals surface area (Å²) in [5, 5.41) is 8.35. The lowest BCUT2D eigenvalue weighted by Crippen LogP contribution is -2.51. The van der Waals surface area contributed by atoms with Crippen molar-refractivity contribution < 1.29 is 28.2 Å². The molecule has 0 spiro atoms. The summed E-state index contributed by atoms with van der Waals surface area (Å²) >= 11 is 1.16. The standard InChI is InChI=1S/C19H24N4O6S/c1-4-28-19(25)23-10-8-22(9-11-23)15(24)12-30-18-21-20-17(29-18)16-13(26-2)6-5-7-14(16)27-3/h5-7H,4,8-12H2,1-3H3. The van der Waals surface area contributed by atoms with Crippen LogP contribution in [0.25, 0.3) is 11.5 Å². The number of rotatable bonds is 7. The fourth-order valence-corrected chi connectivity index (χ4v) is 3.67. The highest BCUT2D eigenvalue weighted by molar-refractivity contribution is 7.99. The lowest BCUT2D eigenvalue weighted by molar-refractivity contribution is -0.129. The minimum absolute atomic E-state index is 0.0573. The van der Waals surface area contributed by atoms with Gasteiger partial charge in [-0.15, -0.1) is 10.2 Å². The Balaban J connectivity index is 1.57. The lowest BCUT2D eigenvalue weighted by Gasteiger charge is -2.33. The summed E-state index contributed by atoms with van der Waals surface area (Å²) < 4.78 is 21.4. The highest BCUT2D eigenvalue weighted by Crippen LogP contribution is 2.38. The number of amides is 2. The maximum absolute atomic E-state index is 12.5. The lowest BCUT2D eigenvalue weighted by atomic mass is 10.2. The van der Waals surface area contributed by atoms with Crippen LogP contribution < -0.4 is 9.47 Å². The molecule has 1 saturated heterocycles. The van der Waals surface area contributed by atoms with Gasteiger partial charge in [0.25, 0.3) is 11.1 Å². The Morgan fingerprint density at radius 1 is 1.07 bits per heavy atom. The van der Waals surface area contributed by atoms with Crippen molar-refractivity contribution in [3.63, 3.8) is 0 Å². The van der Waals surface area contributed by atoms with Crippen molar-refractivity contribution >= 4 is 23.8 Å². The number of hydrogen-bond donors (Lipinski definition) is 0. The van der Waals surface area contributed by atoms with Gasteiger partial charge in [-0.3, -0.25) is 4.79 Å². The van der Waals surface area contributed by atoms with Crippen LogP contribution in [0, 0.1) is 0 Å². The topological polar surface area (TPSA) is 107 Å². The van der Waals surface area contributed by atoms with Gasteiger partial charge in [-0.2, -0.15) is 0 Å². The van der Waals surface area contributed by atoms with Crippen molar-refractivity contribution in [2.24, 2.45) is 0 Å². The molecule has 30 heavy (non-hydrogen) atoms. The van der Waals surface area contributed by atoms with Crippen molar-refractivity contribution in [3.05, 3.63) is 18.2 Å². The van der Waals surface area contributed by atoms with Gasteiger partial charge in [0, 0.05) is 26.2 Å². The number of benzene rings is 1. The molecule has 3 rings (SSSR count). The van der Waals surface area contributed by atoms with Gasteiger partial charge in [-0.1, -0.05) is 17.8 Å². The molecule has 162 valence electrons. The number of ether oxygens (including phenoxy) is 3. The Morgan fingerprint density at radius 3 is 2.30 bits per heavy atom. The smallest absolute Gasteiger partial charge is 0.409 e. The van der Waals surface area contributed by atoms with Gasteiger partial charge in [-0.05, 0) is 19.1 Å². The number of piperazine rings is 1. The van der Waals surface area contributed by atoms with Crippen LogP contribution in [-0.4, -0.2) is 84.8 Å². The molecular weight excluding hydrogens is 412 g/mol. The first-order valence-corrected chi connectivity index (χ1v) is 10.4. The Kier molecular flexibility index (Phi) is 7.39. The normalized spacial score (nSPS) is 13.8. The van der Waals surface area contributed by atoms with Crippen LogP contribution >= 0.6 is 11.8 Å². The number of aromatic nitrogens is 2. The first kappa shape index (κ1) is 21.8. The zero-order valence-corrected chi connectivity index (χ0v) is 17.9.